The van der Waals surface area contributed by atoms with Crippen molar-refractivity contribution in [1.82, 2.24) is 5.32 Å². The van der Waals surface area contributed by atoms with Gasteiger partial charge in [0.25, 0.3) is 0 Å². The van der Waals surface area contributed by atoms with Crippen molar-refractivity contribution in [2.45, 2.75) is 25.0 Å². The van der Waals surface area contributed by atoms with E-state index in [1.54, 1.807) is 0 Å². The number of nitrogens with one attached hydrogen (secondary N) is 1. The molecule has 0 radical (unpaired) electrons. The molecule has 1 fully saturated rings. The number of fused-ring (bicyclic) bond motifs is 2. The highest BCUT2D eigenvalue weighted by molar-refractivity contribution is 5.21. The monoisotopic (exact) mass is 111 g/mol. The summed E-state index contributed by atoms with van der Waals surface area (Å²) in [5, 5.41) is 12.3. The van der Waals surface area contributed by atoms with Crippen LogP contribution in [0.15, 0.2) is 11.8 Å². The Morgan fingerprint density at radius 2 is 2.62 bits per heavy atom. The van der Waals surface area contributed by atoms with Gasteiger partial charge in [0.2, 0.25) is 0 Å². The van der Waals surface area contributed by atoms with Crippen molar-refractivity contribution in [2.75, 3.05) is 0 Å². The Kier molecular flexibility index (Phi) is 0.690. The Morgan fingerprint density at radius 1 is 1.75 bits per heavy atom. The van der Waals surface area contributed by atoms with Crippen molar-refractivity contribution in [3.8, 4) is 0 Å². The van der Waals surface area contributed by atoms with Crippen molar-refractivity contribution >= 4 is 0 Å². The smallest absolute Gasteiger partial charge is 0.0787 e. The van der Waals surface area contributed by atoms with Gasteiger partial charge in [-0.25, -0.2) is 0 Å². The summed E-state index contributed by atoms with van der Waals surface area (Å²) >= 11 is 0. The van der Waals surface area contributed by atoms with Crippen LogP contribution in [0.2, 0.25) is 0 Å². The first-order chi connectivity index (χ1) is 3.86. The lowest BCUT2D eigenvalue weighted by Crippen LogP contribution is -2.22. The molecule has 2 aliphatic rings. The summed E-state index contributed by atoms with van der Waals surface area (Å²) in [6.07, 6.45) is 3.81. The summed E-state index contributed by atoms with van der Waals surface area (Å²) in [6.45, 7) is 0. The third-order valence-electron chi connectivity index (χ3n) is 1.92. The highest BCUT2D eigenvalue weighted by atomic mass is 16.3. The Hall–Kier alpha value is -0.500. The maximum Gasteiger partial charge on any atom is 0.0787 e. The summed E-state index contributed by atoms with van der Waals surface area (Å²) < 4.78 is 0. The SMILES string of the molecule is O[C@H]1C[C@H]2CC1=CN2. The second kappa shape index (κ2) is 1.26. The lowest BCUT2D eigenvalue weighted by Gasteiger charge is -2.09. The Morgan fingerprint density at radius 3 is 2.88 bits per heavy atom. The van der Waals surface area contributed by atoms with E-state index in [9.17, 15) is 0 Å². The summed E-state index contributed by atoms with van der Waals surface area (Å²) in [4.78, 5) is 0. The first kappa shape index (κ1) is 4.39. The third kappa shape index (κ3) is 0.409. The molecule has 0 saturated heterocycles. The molecular formula is C6H9NO. The molecule has 2 atom stereocenters. The number of aliphatic hydroxyl groups is 1. The quantitative estimate of drug-likeness (QED) is 0.461. The van der Waals surface area contributed by atoms with Gasteiger partial charge in [-0.1, -0.05) is 0 Å². The zero-order valence-electron chi connectivity index (χ0n) is 4.59. The van der Waals surface area contributed by atoms with Crippen LogP contribution < -0.4 is 5.32 Å². The zero-order valence-corrected chi connectivity index (χ0v) is 4.59. The van der Waals surface area contributed by atoms with E-state index < -0.39 is 0 Å². The van der Waals surface area contributed by atoms with Gasteiger partial charge in [-0.15, -0.1) is 0 Å². The molecule has 0 aromatic heterocycles. The van der Waals surface area contributed by atoms with Crippen molar-refractivity contribution in [3.63, 3.8) is 0 Å². The molecule has 1 aliphatic heterocycles. The van der Waals surface area contributed by atoms with Crippen LogP contribution in [0.1, 0.15) is 12.8 Å². The van der Waals surface area contributed by atoms with Gasteiger partial charge in [0.1, 0.15) is 0 Å². The normalized spacial score (nSPS) is 41.9. The Bertz CT molecular complexity index is 141. The van der Waals surface area contributed by atoms with E-state index in [0.29, 0.717) is 6.04 Å². The molecule has 0 aromatic rings. The molecular weight excluding hydrogens is 102 g/mol. The molecule has 2 N–H and O–H groups in total. The van der Waals surface area contributed by atoms with Crippen molar-refractivity contribution in [2.24, 2.45) is 0 Å². The van der Waals surface area contributed by atoms with Crippen LogP contribution >= 0.6 is 0 Å². The van der Waals surface area contributed by atoms with E-state index in [1.807, 2.05) is 6.20 Å². The first-order valence-corrected chi connectivity index (χ1v) is 2.99. The van der Waals surface area contributed by atoms with E-state index in [1.165, 1.54) is 5.57 Å². The largest absolute Gasteiger partial charge is 0.389 e. The van der Waals surface area contributed by atoms with Gasteiger partial charge in [-0.05, 0) is 24.6 Å². The first-order valence-electron chi connectivity index (χ1n) is 2.99. The van der Waals surface area contributed by atoms with E-state index in [4.69, 9.17) is 5.11 Å². The topological polar surface area (TPSA) is 32.3 Å². The van der Waals surface area contributed by atoms with Gasteiger partial charge in [0.15, 0.2) is 0 Å². The predicted molar refractivity (Wildman–Crippen MR) is 30.2 cm³/mol. The fourth-order valence-electron chi connectivity index (χ4n) is 1.43. The predicted octanol–water partition coefficient (Wildman–Crippen LogP) is -0.00320. The van der Waals surface area contributed by atoms with Crippen LogP contribution in [0, 0.1) is 0 Å². The van der Waals surface area contributed by atoms with Gasteiger partial charge in [0.05, 0.1) is 6.10 Å². The van der Waals surface area contributed by atoms with Crippen molar-refractivity contribution in [1.29, 1.82) is 0 Å². The molecule has 2 heteroatoms. The third-order valence-corrected chi connectivity index (χ3v) is 1.92. The van der Waals surface area contributed by atoms with Crippen LogP contribution in [0.4, 0.5) is 0 Å². The van der Waals surface area contributed by atoms with Crippen molar-refractivity contribution < 1.29 is 5.11 Å². The minimum Gasteiger partial charge on any atom is -0.389 e. The fourth-order valence-corrected chi connectivity index (χ4v) is 1.43. The fraction of sp³-hybridized carbons (Fsp3) is 0.667. The second-order valence-electron chi connectivity index (χ2n) is 2.54. The Labute approximate surface area is 48.2 Å². The van der Waals surface area contributed by atoms with Crippen LogP contribution in [-0.2, 0) is 0 Å². The maximum absolute atomic E-state index is 9.11. The number of hydrogen-bond acceptors (Lipinski definition) is 2. The average molecular weight is 111 g/mol. The van der Waals surface area contributed by atoms with Crippen LogP contribution in [0.5, 0.6) is 0 Å². The summed E-state index contributed by atoms with van der Waals surface area (Å²) in [5.41, 5.74) is 1.19. The van der Waals surface area contributed by atoms with Gasteiger partial charge in [-0.2, -0.15) is 0 Å². The lowest BCUT2D eigenvalue weighted by molar-refractivity contribution is 0.206. The summed E-state index contributed by atoms with van der Waals surface area (Å²) in [5.74, 6) is 0. The zero-order chi connectivity index (χ0) is 5.56. The van der Waals surface area contributed by atoms with Crippen LogP contribution in [-0.4, -0.2) is 17.3 Å². The number of rotatable bonds is 0. The van der Waals surface area contributed by atoms with Crippen molar-refractivity contribution in [3.05, 3.63) is 11.8 Å². The van der Waals surface area contributed by atoms with E-state index in [-0.39, 0.29) is 6.10 Å². The van der Waals surface area contributed by atoms with Gasteiger partial charge < -0.3 is 10.4 Å². The number of hydrogen-bond donors (Lipinski definition) is 2. The van der Waals surface area contributed by atoms with E-state index in [0.717, 1.165) is 12.8 Å². The molecule has 0 unspecified atom stereocenters. The van der Waals surface area contributed by atoms with E-state index in [2.05, 4.69) is 5.32 Å². The standard InChI is InChI=1S/C6H9NO/c8-6-2-5-1-4(6)3-7-5/h3,5-8H,1-2H2/t5-,6+/m1/s1. The minimum atomic E-state index is -0.124. The molecule has 1 heterocycles. The summed E-state index contributed by atoms with van der Waals surface area (Å²) in [7, 11) is 0. The average Bonchev–Trinajstić information content (AvgIpc) is 2.23. The lowest BCUT2D eigenvalue weighted by atomic mass is 10.2. The van der Waals surface area contributed by atoms with Crippen LogP contribution in [0.25, 0.3) is 0 Å². The molecule has 0 spiro atoms. The Balaban J connectivity index is 2.28. The minimum absolute atomic E-state index is 0.124. The molecule has 44 valence electrons. The maximum atomic E-state index is 9.11. The second-order valence-corrected chi connectivity index (χ2v) is 2.54. The van der Waals surface area contributed by atoms with Crippen LogP contribution in [0.3, 0.4) is 0 Å². The molecule has 8 heavy (non-hydrogen) atoms. The molecule has 2 bridgehead atoms. The summed E-state index contributed by atoms with van der Waals surface area (Å²) in [6, 6.07) is 0.556. The molecule has 1 aliphatic carbocycles. The highest BCUT2D eigenvalue weighted by Crippen LogP contribution is 2.29. The van der Waals surface area contributed by atoms with Gasteiger partial charge in [0, 0.05) is 6.04 Å². The van der Waals surface area contributed by atoms with Gasteiger partial charge in [-0.3, -0.25) is 0 Å². The number of aliphatic hydroxyl groups excluding tert-OH is 1. The molecule has 1 saturated carbocycles. The highest BCUT2D eigenvalue weighted by Gasteiger charge is 2.31. The molecule has 0 aromatic carbocycles. The molecule has 2 nitrogen and oxygen atoms in total. The molecule has 2 rings (SSSR count). The van der Waals surface area contributed by atoms with Gasteiger partial charge >= 0.3 is 0 Å². The van der Waals surface area contributed by atoms with E-state index >= 15 is 0 Å². The molecule has 0 amide bonds.